The highest BCUT2D eigenvalue weighted by atomic mass is 16.5. The van der Waals surface area contributed by atoms with Gasteiger partial charge in [0.2, 0.25) is 11.8 Å². The van der Waals surface area contributed by atoms with Crippen LogP contribution in [0.4, 0.5) is 5.82 Å². The molecule has 1 amide bonds. The van der Waals surface area contributed by atoms with Gasteiger partial charge in [0.25, 0.3) is 0 Å². The number of carbonyl (C=O) groups is 1. The summed E-state index contributed by atoms with van der Waals surface area (Å²) in [6.07, 6.45) is 5.22. The summed E-state index contributed by atoms with van der Waals surface area (Å²) < 4.78 is 5.74. The number of nitrogens with zero attached hydrogens (tertiary/aromatic N) is 3. The molecule has 0 saturated carbocycles. The molecular weight excluding hydrogens is 304 g/mol. The molecule has 1 atom stereocenters. The topological polar surface area (TPSA) is 67.4 Å². The van der Waals surface area contributed by atoms with Crippen LogP contribution in [0, 0.1) is 5.92 Å². The van der Waals surface area contributed by atoms with E-state index < -0.39 is 0 Å². The molecule has 6 nitrogen and oxygen atoms in total. The molecule has 1 aromatic heterocycles. The molecule has 24 heavy (non-hydrogen) atoms. The van der Waals surface area contributed by atoms with Crippen molar-refractivity contribution < 1.29 is 9.53 Å². The van der Waals surface area contributed by atoms with E-state index in [1.165, 1.54) is 0 Å². The van der Waals surface area contributed by atoms with Crippen LogP contribution in [-0.2, 0) is 11.4 Å². The number of rotatable bonds is 5. The van der Waals surface area contributed by atoms with Gasteiger partial charge in [-0.3, -0.25) is 9.78 Å². The van der Waals surface area contributed by atoms with Crippen molar-refractivity contribution >= 4 is 11.7 Å². The Hall–Kier alpha value is -2.63. The van der Waals surface area contributed by atoms with Crippen LogP contribution in [-0.4, -0.2) is 36.0 Å². The number of carbonyl (C=O) groups excluding carboxylic acids is 1. The van der Waals surface area contributed by atoms with Crippen LogP contribution >= 0.6 is 0 Å². The zero-order chi connectivity index (χ0) is 16.8. The fourth-order valence-corrected chi connectivity index (χ4v) is 2.90. The molecule has 126 valence electrons. The van der Waals surface area contributed by atoms with Crippen molar-refractivity contribution in [2.75, 3.05) is 25.0 Å². The third-order valence-corrected chi connectivity index (χ3v) is 4.19. The van der Waals surface area contributed by atoms with E-state index in [0.717, 1.165) is 30.8 Å². The Bertz CT molecular complexity index is 678. The van der Waals surface area contributed by atoms with E-state index in [9.17, 15) is 4.79 Å². The van der Waals surface area contributed by atoms with Crippen molar-refractivity contribution in [1.29, 1.82) is 0 Å². The number of hydrogen-bond donors (Lipinski definition) is 1. The number of amides is 1. The van der Waals surface area contributed by atoms with Gasteiger partial charge in [0, 0.05) is 20.1 Å². The SMILES string of the molecule is CNC(=O)C1CCCN(c2cncc(OCc3ccccc3)n2)C1. The Morgan fingerprint density at radius 1 is 1.33 bits per heavy atom. The monoisotopic (exact) mass is 326 g/mol. The zero-order valence-corrected chi connectivity index (χ0v) is 13.8. The van der Waals surface area contributed by atoms with Crippen LogP contribution in [0.15, 0.2) is 42.7 Å². The summed E-state index contributed by atoms with van der Waals surface area (Å²) in [7, 11) is 1.68. The summed E-state index contributed by atoms with van der Waals surface area (Å²) in [5.74, 6) is 1.34. The molecule has 2 aromatic rings. The number of hydrogen-bond acceptors (Lipinski definition) is 5. The number of nitrogens with one attached hydrogen (secondary N) is 1. The Labute approximate surface area is 141 Å². The van der Waals surface area contributed by atoms with Gasteiger partial charge in [-0.25, -0.2) is 0 Å². The first kappa shape index (κ1) is 16.2. The summed E-state index contributed by atoms with van der Waals surface area (Å²) in [5.41, 5.74) is 1.09. The van der Waals surface area contributed by atoms with Crippen molar-refractivity contribution in [1.82, 2.24) is 15.3 Å². The van der Waals surface area contributed by atoms with Crippen LogP contribution in [0.2, 0.25) is 0 Å². The summed E-state index contributed by atoms with van der Waals surface area (Å²) in [6.45, 7) is 2.00. The lowest BCUT2D eigenvalue weighted by Gasteiger charge is -2.32. The number of ether oxygens (including phenoxy) is 1. The first-order valence-corrected chi connectivity index (χ1v) is 8.21. The lowest BCUT2D eigenvalue weighted by Crippen LogP contribution is -2.42. The minimum absolute atomic E-state index is 0.000516. The summed E-state index contributed by atoms with van der Waals surface area (Å²) >= 11 is 0. The fourth-order valence-electron chi connectivity index (χ4n) is 2.90. The molecule has 1 unspecified atom stereocenters. The van der Waals surface area contributed by atoms with E-state index in [-0.39, 0.29) is 11.8 Å². The minimum Gasteiger partial charge on any atom is -0.472 e. The number of piperidine rings is 1. The standard InChI is InChI=1S/C18H22N4O2/c1-19-18(23)15-8-5-9-22(12-15)16-10-20-11-17(21-16)24-13-14-6-3-2-4-7-14/h2-4,6-7,10-11,15H,5,8-9,12-13H2,1H3,(H,19,23). The highest BCUT2D eigenvalue weighted by Gasteiger charge is 2.26. The first-order valence-electron chi connectivity index (χ1n) is 8.21. The fraction of sp³-hybridized carbons (Fsp3) is 0.389. The van der Waals surface area contributed by atoms with Crippen molar-refractivity contribution in [2.45, 2.75) is 19.4 Å². The van der Waals surface area contributed by atoms with E-state index in [2.05, 4.69) is 20.2 Å². The Kier molecular flexibility index (Phi) is 5.25. The average molecular weight is 326 g/mol. The van der Waals surface area contributed by atoms with Gasteiger partial charge >= 0.3 is 0 Å². The number of benzene rings is 1. The van der Waals surface area contributed by atoms with Gasteiger partial charge in [0.1, 0.15) is 6.61 Å². The summed E-state index contributed by atoms with van der Waals surface area (Å²) in [5, 5.41) is 2.73. The Balaban J connectivity index is 1.65. The van der Waals surface area contributed by atoms with Crippen LogP contribution in [0.3, 0.4) is 0 Å². The number of aromatic nitrogens is 2. The molecule has 3 rings (SSSR count). The maximum absolute atomic E-state index is 11.9. The normalized spacial score (nSPS) is 17.4. The zero-order valence-electron chi connectivity index (χ0n) is 13.8. The lowest BCUT2D eigenvalue weighted by atomic mass is 9.97. The van der Waals surface area contributed by atoms with Crippen LogP contribution in [0.5, 0.6) is 5.88 Å². The predicted octanol–water partition coefficient (Wildman–Crippen LogP) is 2.02. The lowest BCUT2D eigenvalue weighted by molar-refractivity contribution is -0.124. The van der Waals surface area contributed by atoms with Crippen molar-refractivity contribution in [3.05, 3.63) is 48.3 Å². The van der Waals surface area contributed by atoms with E-state index in [1.54, 1.807) is 19.4 Å². The third-order valence-electron chi connectivity index (χ3n) is 4.19. The molecule has 6 heteroatoms. The van der Waals surface area contributed by atoms with Crippen LogP contribution < -0.4 is 15.0 Å². The minimum atomic E-state index is -0.000516. The Morgan fingerprint density at radius 3 is 2.96 bits per heavy atom. The first-order chi connectivity index (χ1) is 11.8. The average Bonchev–Trinajstić information content (AvgIpc) is 2.67. The molecular formula is C18H22N4O2. The van der Waals surface area contributed by atoms with Gasteiger partial charge in [0.15, 0.2) is 5.82 Å². The third kappa shape index (κ3) is 4.01. The molecule has 0 spiro atoms. The van der Waals surface area contributed by atoms with Crippen LogP contribution in [0.25, 0.3) is 0 Å². The molecule has 2 heterocycles. The smallest absolute Gasteiger partial charge is 0.234 e. The van der Waals surface area contributed by atoms with E-state index in [1.807, 2.05) is 30.3 Å². The molecule has 0 aliphatic carbocycles. The molecule has 1 aliphatic heterocycles. The quantitative estimate of drug-likeness (QED) is 0.910. The maximum atomic E-state index is 11.9. The van der Waals surface area contributed by atoms with E-state index >= 15 is 0 Å². The van der Waals surface area contributed by atoms with Crippen molar-refractivity contribution in [2.24, 2.45) is 5.92 Å². The van der Waals surface area contributed by atoms with E-state index in [0.29, 0.717) is 19.0 Å². The highest BCUT2D eigenvalue weighted by molar-refractivity contribution is 5.79. The van der Waals surface area contributed by atoms with Gasteiger partial charge in [-0.15, -0.1) is 0 Å². The highest BCUT2D eigenvalue weighted by Crippen LogP contribution is 2.23. The molecule has 1 aromatic carbocycles. The van der Waals surface area contributed by atoms with Crippen molar-refractivity contribution in [3.8, 4) is 5.88 Å². The van der Waals surface area contributed by atoms with Gasteiger partial charge in [-0.2, -0.15) is 4.98 Å². The second-order valence-electron chi connectivity index (χ2n) is 5.89. The largest absolute Gasteiger partial charge is 0.472 e. The van der Waals surface area contributed by atoms with Gasteiger partial charge < -0.3 is 15.0 Å². The molecule has 1 fully saturated rings. The maximum Gasteiger partial charge on any atom is 0.234 e. The predicted molar refractivity (Wildman–Crippen MR) is 91.8 cm³/mol. The molecule has 1 saturated heterocycles. The molecule has 1 aliphatic rings. The van der Waals surface area contributed by atoms with Crippen LogP contribution in [0.1, 0.15) is 18.4 Å². The van der Waals surface area contributed by atoms with Gasteiger partial charge in [-0.05, 0) is 18.4 Å². The molecule has 0 bridgehead atoms. The van der Waals surface area contributed by atoms with Gasteiger partial charge in [0.05, 0.1) is 18.3 Å². The number of anilines is 1. The van der Waals surface area contributed by atoms with Gasteiger partial charge in [-0.1, -0.05) is 30.3 Å². The second kappa shape index (κ2) is 7.77. The Morgan fingerprint density at radius 2 is 2.17 bits per heavy atom. The van der Waals surface area contributed by atoms with Crippen molar-refractivity contribution in [3.63, 3.8) is 0 Å². The van der Waals surface area contributed by atoms with E-state index in [4.69, 9.17) is 4.74 Å². The molecule has 1 N–H and O–H groups in total. The summed E-state index contributed by atoms with van der Waals surface area (Å²) in [6, 6.07) is 9.95. The summed E-state index contributed by atoms with van der Waals surface area (Å²) in [4.78, 5) is 22.7. The second-order valence-corrected chi connectivity index (χ2v) is 5.89. The molecule has 0 radical (unpaired) electrons.